The molecule has 1 fully saturated rings. The summed E-state index contributed by atoms with van der Waals surface area (Å²) >= 11 is 5.77. The number of hydrogen-bond donors (Lipinski definition) is 1. The van der Waals surface area contributed by atoms with E-state index in [0.717, 1.165) is 0 Å². The van der Waals surface area contributed by atoms with E-state index >= 15 is 0 Å². The number of hydrogen-bond acceptors (Lipinski definition) is 3. The highest BCUT2D eigenvalue weighted by Crippen LogP contribution is 2.27. The molecule has 1 aliphatic rings. The average Bonchev–Trinajstić information content (AvgIpc) is 2.49. The molecule has 0 aromatic heterocycles. The molecular weight excluding hydrogens is 294 g/mol. The molecule has 2 rings (SSSR count). The zero-order chi connectivity index (χ0) is 15.4. The van der Waals surface area contributed by atoms with E-state index in [1.54, 1.807) is 36.2 Å². The summed E-state index contributed by atoms with van der Waals surface area (Å²) in [7, 11) is 1.68. The van der Waals surface area contributed by atoms with E-state index in [4.69, 9.17) is 21.4 Å². The van der Waals surface area contributed by atoms with Gasteiger partial charge in [-0.05, 0) is 49.9 Å². The molecule has 1 aliphatic carbocycles. The number of nitrogens with zero attached hydrogens (tertiary/aromatic N) is 1. The van der Waals surface area contributed by atoms with E-state index in [9.17, 15) is 9.59 Å². The second-order valence-corrected chi connectivity index (χ2v) is 5.71. The third-order valence-electron chi connectivity index (χ3n) is 3.90. The third-order valence-corrected chi connectivity index (χ3v) is 4.15. The molecule has 1 aromatic rings. The van der Waals surface area contributed by atoms with E-state index in [1.165, 1.54) is 0 Å². The molecule has 0 spiro atoms. The van der Waals surface area contributed by atoms with Crippen LogP contribution in [0.2, 0.25) is 5.02 Å². The lowest BCUT2D eigenvalue weighted by Crippen LogP contribution is -2.41. The summed E-state index contributed by atoms with van der Waals surface area (Å²) in [5, 5.41) is 9.55. The highest BCUT2D eigenvalue weighted by atomic mass is 35.5. The quantitative estimate of drug-likeness (QED) is 0.929. The fourth-order valence-corrected chi connectivity index (χ4v) is 2.66. The van der Waals surface area contributed by atoms with Crippen molar-refractivity contribution < 1.29 is 19.4 Å². The minimum absolute atomic E-state index is 0.0281. The van der Waals surface area contributed by atoms with Gasteiger partial charge < -0.3 is 14.7 Å². The number of carbonyl (C=O) groups excluding carboxylic acids is 1. The molecule has 1 amide bonds. The highest BCUT2D eigenvalue weighted by molar-refractivity contribution is 6.30. The molecule has 1 N–H and O–H groups in total. The SMILES string of the molecule is CN(C(=O)Oc1ccc(Cl)cc1)C1CCC(C(=O)O)CC1. The Morgan fingerprint density at radius 2 is 1.76 bits per heavy atom. The van der Waals surface area contributed by atoms with Crippen molar-refractivity contribution in [1.29, 1.82) is 0 Å². The molecule has 0 saturated heterocycles. The van der Waals surface area contributed by atoms with Crippen LogP contribution >= 0.6 is 11.6 Å². The van der Waals surface area contributed by atoms with Crippen LogP contribution in [0.15, 0.2) is 24.3 Å². The third kappa shape index (κ3) is 4.11. The molecule has 114 valence electrons. The van der Waals surface area contributed by atoms with Gasteiger partial charge in [-0.3, -0.25) is 4.79 Å². The van der Waals surface area contributed by atoms with Gasteiger partial charge in [0.05, 0.1) is 5.92 Å². The summed E-state index contributed by atoms with van der Waals surface area (Å²) in [4.78, 5) is 24.5. The molecule has 0 radical (unpaired) electrons. The molecule has 0 unspecified atom stereocenters. The van der Waals surface area contributed by atoms with Gasteiger partial charge in [-0.1, -0.05) is 11.6 Å². The zero-order valence-electron chi connectivity index (χ0n) is 11.8. The second-order valence-electron chi connectivity index (χ2n) is 5.28. The standard InChI is InChI=1S/C15H18ClNO4/c1-17(12-6-2-10(3-7-12)14(18)19)15(20)21-13-8-4-11(16)5-9-13/h4-5,8-10,12H,2-3,6-7H2,1H3,(H,18,19). The van der Waals surface area contributed by atoms with Crippen molar-refractivity contribution >= 4 is 23.7 Å². The maximum absolute atomic E-state index is 12.1. The topological polar surface area (TPSA) is 66.8 Å². The van der Waals surface area contributed by atoms with E-state index in [0.29, 0.717) is 36.5 Å². The van der Waals surface area contributed by atoms with Crippen molar-refractivity contribution in [3.8, 4) is 5.75 Å². The number of halogens is 1. The highest BCUT2D eigenvalue weighted by Gasteiger charge is 2.30. The van der Waals surface area contributed by atoms with Crippen LogP contribution in [0.1, 0.15) is 25.7 Å². The molecule has 1 aromatic carbocycles. The normalized spacial score (nSPS) is 21.6. The number of aliphatic carboxylic acids is 1. The minimum atomic E-state index is -0.750. The first kappa shape index (κ1) is 15.6. The predicted molar refractivity (Wildman–Crippen MR) is 78.6 cm³/mol. The zero-order valence-corrected chi connectivity index (χ0v) is 12.5. The Bertz CT molecular complexity index is 509. The first-order chi connectivity index (χ1) is 9.97. The van der Waals surface area contributed by atoms with E-state index in [-0.39, 0.29) is 12.0 Å². The molecule has 1 saturated carbocycles. The Kier molecular flexibility index (Phi) is 5.07. The largest absolute Gasteiger partial charge is 0.481 e. The van der Waals surface area contributed by atoms with Gasteiger partial charge in [-0.2, -0.15) is 0 Å². The van der Waals surface area contributed by atoms with Crippen molar-refractivity contribution in [2.75, 3.05) is 7.05 Å². The lowest BCUT2D eigenvalue weighted by atomic mass is 9.85. The monoisotopic (exact) mass is 311 g/mol. The number of ether oxygens (including phenoxy) is 1. The molecule has 5 nitrogen and oxygen atoms in total. The van der Waals surface area contributed by atoms with Crippen LogP contribution in [0.5, 0.6) is 5.75 Å². The summed E-state index contributed by atoms with van der Waals surface area (Å²) in [6.45, 7) is 0. The van der Waals surface area contributed by atoms with Crippen LogP contribution in [-0.2, 0) is 4.79 Å². The molecule has 6 heteroatoms. The maximum Gasteiger partial charge on any atom is 0.415 e. The molecule has 0 bridgehead atoms. The van der Waals surface area contributed by atoms with Crippen molar-refractivity contribution in [2.24, 2.45) is 5.92 Å². The van der Waals surface area contributed by atoms with Gasteiger partial charge >= 0.3 is 12.1 Å². The number of carboxylic acid groups (broad SMARTS) is 1. The van der Waals surface area contributed by atoms with Crippen LogP contribution in [0.3, 0.4) is 0 Å². The Morgan fingerprint density at radius 3 is 2.29 bits per heavy atom. The molecule has 21 heavy (non-hydrogen) atoms. The second kappa shape index (κ2) is 6.80. The number of carboxylic acids is 1. The van der Waals surface area contributed by atoms with E-state index in [2.05, 4.69) is 0 Å². The Balaban J connectivity index is 1.88. The van der Waals surface area contributed by atoms with Gasteiger partial charge in [0, 0.05) is 18.1 Å². The lowest BCUT2D eigenvalue weighted by Gasteiger charge is -2.32. The van der Waals surface area contributed by atoms with Crippen LogP contribution in [0, 0.1) is 5.92 Å². The Morgan fingerprint density at radius 1 is 1.19 bits per heavy atom. The maximum atomic E-state index is 12.1. The van der Waals surface area contributed by atoms with Crippen LogP contribution in [0.4, 0.5) is 4.79 Å². The Labute approximate surface area is 128 Å². The average molecular weight is 312 g/mol. The summed E-state index contributed by atoms with van der Waals surface area (Å²) < 4.78 is 5.27. The molecule has 0 atom stereocenters. The Hall–Kier alpha value is -1.75. The van der Waals surface area contributed by atoms with Crippen LogP contribution in [-0.4, -0.2) is 35.2 Å². The van der Waals surface area contributed by atoms with Crippen molar-refractivity contribution in [3.63, 3.8) is 0 Å². The molecule has 0 heterocycles. The fraction of sp³-hybridized carbons (Fsp3) is 0.467. The van der Waals surface area contributed by atoms with Crippen LogP contribution < -0.4 is 4.74 Å². The minimum Gasteiger partial charge on any atom is -0.481 e. The smallest absolute Gasteiger partial charge is 0.415 e. The van der Waals surface area contributed by atoms with E-state index in [1.807, 2.05) is 0 Å². The molecular formula is C15H18ClNO4. The van der Waals surface area contributed by atoms with Gasteiger partial charge in [0.2, 0.25) is 0 Å². The summed E-state index contributed by atoms with van der Waals surface area (Å²) in [6, 6.07) is 6.61. The predicted octanol–water partition coefficient (Wildman–Crippen LogP) is 3.41. The summed E-state index contributed by atoms with van der Waals surface area (Å²) in [5.41, 5.74) is 0. The van der Waals surface area contributed by atoms with Gasteiger partial charge in [0.15, 0.2) is 0 Å². The number of benzene rings is 1. The summed E-state index contributed by atoms with van der Waals surface area (Å²) in [6.07, 6.45) is 2.12. The van der Waals surface area contributed by atoms with Gasteiger partial charge in [0.25, 0.3) is 0 Å². The van der Waals surface area contributed by atoms with Crippen molar-refractivity contribution in [1.82, 2.24) is 4.90 Å². The lowest BCUT2D eigenvalue weighted by molar-refractivity contribution is -0.143. The van der Waals surface area contributed by atoms with Crippen molar-refractivity contribution in [2.45, 2.75) is 31.7 Å². The first-order valence-corrected chi connectivity index (χ1v) is 7.28. The number of amides is 1. The van der Waals surface area contributed by atoms with Gasteiger partial charge in [0.1, 0.15) is 5.75 Å². The van der Waals surface area contributed by atoms with Crippen molar-refractivity contribution in [3.05, 3.63) is 29.3 Å². The summed E-state index contributed by atoms with van der Waals surface area (Å²) in [5.74, 6) is -0.600. The van der Waals surface area contributed by atoms with Crippen LogP contribution in [0.25, 0.3) is 0 Å². The van der Waals surface area contributed by atoms with Gasteiger partial charge in [-0.25, -0.2) is 4.79 Å². The fourth-order valence-electron chi connectivity index (χ4n) is 2.53. The number of rotatable bonds is 3. The molecule has 0 aliphatic heterocycles. The van der Waals surface area contributed by atoms with Gasteiger partial charge in [-0.15, -0.1) is 0 Å². The number of carbonyl (C=O) groups is 2. The van der Waals surface area contributed by atoms with E-state index < -0.39 is 12.1 Å². The first-order valence-electron chi connectivity index (χ1n) is 6.90.